The SMILES string of the molecule is COc1cc2c(CCC(=O)O)cn(S(=O)(=O)c3ccc4c(c3)OCCO4)c2cc1OC. The summed E-state index contributed by atoms with van der Waals surface area (Å²) in [6.45, 7) is 0.731. The van der Waals surface area contributed by atoms with E-state index in [1.807, 2.05) is 0 Å². The van der Waals surface area contributed by atoms with E-state index < -0.39 is 16.0 Å². The molecule has 0 saturated heterocycles. The van der Waals surface area contributed by atoms with Crippen molar-refractivity contribution in [3.8, 4) is 23.0 Å². The first kappa shape index (κ1) is 20.9. The molecule has 2 heterocycles. The highest BCUT2D eigenvalue weighted by molar-refractivity contribution is 7.90. The zero-order chi connectivity index (χ0) is 22.2. The Morgan fingerprint density at radius 2 is 1.74 bits per heavy atom. The van der Waals surface area contributed by atoms with Crippen molar-refractivity contribution in [3.05, 3.63) is 42.1 Å². The minimum Gasteiger partial charge on any atom is -0.493 e. The van der Waals surface area contributed by atoms with Crippen LogP contribution in [0, 0.1) is 0 Å². The molecule has 10 heteroatoms. The normalized spacial score (nSPS) is 13.2. The maximum Gasteiger partial charge on any atom is 0.303 e. The Morgan fingerprint density at radius 3 is 2.42 bits per heavy atom. The third-order valence-corrected chi connectivity index (χ3v) is 6.71. The summed E-state index contributed by atoms with van der Waals surface area (Å²) in [6.07, 6.45) is 1.46. The molecule has 0 aliphatic carbocycles. The van der Waals surface area contributed by atoms with Gasteiger partial charge in [-0.1, -0.05) is 0 Å². The number of benzene rings is 2. The molecule has 0 unspecified atom stereocenters. The first-order valence-electron chi connectivity index (χ1n) is 9.48. The van der Waals surface area contributed by atoms with Gasteiger partial charge in [-0.05, 0) is 30.2 Å². The average molecular weight is 447 g/mol. The van der Waals surface area contributed by atoms with E-state index in [9.17, 15) is 13.2 Å². The molecule has 0 spiro atoms. The Kier molecular flexibility index (Phi) is 5.40. The molecule has 9 nitrogen and oxygen atoms in total. The van der Waals surface area contributed by atoms with Gasteiger partial charge in [0.05, 0.1) is 24.6 Å². The average Bonchev–Trinajstić information content (AvgIpc) is 3.14. The maximum absolute atomic E-state index is 13.5. The van der Waals surface area contributed by atoms with Crippen molar-refractivity contribution in [2.24, 2.45) is 0 Å². The molecular weight excluding hydrogens is 426 g/mol. The van der Waals surface area contributed by atoms with Crippen LogP contribution in [0.2, 0.25) is 0 Å². The second kappa shape index (κ2) is 8.03. The van der Waals surface area contributed by atoms with Gasteiger partial charge in [-0.3, -0.25) is 4.79 Å². The minimum absolute atomic E-state index is 0.0215. The van der Waals surface area contributed by atoms with Gasteiger partial charge in [0, 0.05) is 30.1 Å². The number of hydrogen-bond donors (Lipinski definition) is 1. The number of carboxylic acids is 1. The minimum atomic E-state index is -4.02. The number of methoxy groups -OCH3 is 2. The second-order valence-electron chi connectivity index (χ2n) is 6.88. The molecule has 0 fully saturated rings. The van der Waals surface area contributed by atoms with Crippen LogP contribution in [0.1, 0.15) is 12.0 Å². The summed E-state index contributed by atoms with van der Waals surface area (Å²) in [5.74, 6) is 0.638. The molecule has 1 aliphatic rings. The largest absolute Gasteiger partial charge is 0.493 e. The lowest BCUT2D eigenvalue weighted by atomic mass is 10.1. The highest BCUT2D eigenvalue weighted by Crippen LogP contribution is 2.38. The van der Waals surface area contributed by atoms with Gasteiger partial charge in [0.15, 0.2) is 23.0 Å². The molecular formula is C21H21NO8S. The quantitative estimate of drug-likeness (QED) is 0.588. The fourth-order valence-corrected chi connectivity index (χ4v) is 4.92. The van der Waals surface area contributed by atoms with E-state index in [-0.39, 0.29) is 17.7 Å². The molecule has 0 radical (unpaired) electrons. The van der Waals surface area contributed by atoms with E-state index in [0.717, 1.165) is 3.97 Å². The van der Waals surface area contributed by atoms with Gasteiger partial charge in [-0.25, -0.2) is 12.4 Å². The standard InChI is InChI=1S/C21H21NO8S/c1-27-18-10-15-13(3-6-21(23)24)12-22(16(15)11-19(18)28-2)31(25,26)14-4-5-17-20(9-14)30-8-7-29-17/h4-5,9-12H,3,6-8H2,1-2H3,(H,23,24). The Bertz CT molecular complexity index is 1260. The molecule has 0 bridgehead atoms. The fourth-order valence-electron chi connectivity index (χ4n) is 3.53. The van der Waals surface area contributed by atoms with Crippen LogP contribution in [0.15, 0.2) is 41.4 Å². The predicted molar refractivity (Wildman–Crippen MR) is 111 cm³/mol. The number of rotatable bonds is 7. The van der Waals surface area contributed by atoms with E-state index in [1.54, 1.807) is 18.2 Å². The Balaban J connectivity index is 1.90. The van der Waals surface area contributed by atoms with Crippen LogP contribution in [0.5, 0.6) is 23.0 Å². The molecule has 164 valence electrons. The van der Waals surface area contributed by atoms with Crippen molar-refractivity contribution in [2.75, 3.05) is 27.4 Å². The van der Waals surface area contributed by atoms with Crippen LogP contribution in [-0.4, -0.2) is 50.9 Å². The number of aryl methyl sites for hydroxylation is 1. The summed E-state index contributed by atoms with van der Waals surface area (Å²) in [4.78, 5) is 11.1. The third kappa shape index (κ3) is 3.74. The van der Waals surface area contributed by atoms with Crippen LogP contribution in [-0.2, 0) is 21.2 Å². The van der Waals surface area contributed by atoms with Gasteiger partial charge in [-0.15, -0.1) is 0 Å². The van der Waals surface area contributed by atoms with Crippen LogP contribution in [0.3, 0.4) is 0 Å². The Hall–Kier alpha value is -3.40. The summed E-state index contributed by atoms with van der Waals surface area (Å²) in [5.41, 5.74) is 0.924. The van der Waals surface area contributed by atoms with E-state index in [4.69, 9.17) is 24.1 Å². The summed E-state index contributed by atoms with van der Waals surface area (Å²) in [6, 6.07) is 7.65. The third-order valence-electron chi connectivity index (χ3n) is 5.04. The number of nitrogens with zero attached hydrogens (tertiary/aromatic N) is 1. The van der Waals surface area contributed by atoms with Crippen LogP contribution < -0.4 is 18.9 Å². The summed E-state index contributed by atoms with van der Waals surface area (Å²) in [5, 5.41) is 9.66. The molecule has 1 aromatic heterocycles. The summed E-state index contributed by atoms with van der Waals surface area (Å²) >= 11 is 0. The molecule has 0 saturated carbocycles. The van der Waals surface area contributed by atoms with Crippen molar-refractivity contribution in [2.45, 2.75) is 17.7 Å². The van der Waals surface area contributed by atoms with Crippen LogP contribution >= 0.6 is 0 Å². The second-order valence-corrected chi connectivity index (χ2v) is 8.69. The van der Waals surface area contributed by atoms with E-state index in [2.05, 4.69) is 0 Å². The lowest BCUT2D eigenvalue weighted by molar-refractivity contribution is -0.136. The molecule has 0 atom stereocenters. The first-order chi connectivity index (χ1) is 14.8. The number of hydrogen-bond acceptors (Lipinski definition) is 7. The van der Waals surface area contributed by atoms with Gasteiger partial charge in [0.25, 0.3) is 10.0 Å². The monoisotopic (exact) mass is 447 g/mol. The zero-order valence-corrected chi connectivity index (χ0v) is 17.8. The molecule has 1 aliphatic heterocycles. The number of aliphatic carboxylic acids is 1. The first-order valence-corrected chi connectivity index (χ1v) is 10.9. The Morgan fingerprint density at radius 1 is 1.06 bits per heavy atom. The molecule has 0 amide bonds. The van der Waals surface area contributed by atoms with Crippen molar-refractivity contribution < 1.29 is 37.3 Å². The van der Waals surface area contributed by atoms with Crippen molar-refractivity contribution in [1.29, 1.82) is 0 Å². The van der Waals surface area contributed by atoms with Gasteiger partial charge in [0.1, 0.15) is 13.2 Å². The van der Waals surface area contributed by atoms with Gasteiger partial charge in [-0.2, -0.15) is 0 Å². The molecule has 3 aromatic rings. The van der Waals surface area contributed by atoms with E-state index in [1.165, 1.54) is 32.5 Å². The van der Waals surface area contributed by atoms with Gasteiger partial charge < -0.3 is 24.1 Å². The highest BCUT2D eigenvalue weighted by Gasteiger charge is 2.25. The summed E-state index contributed by atoms with van der Waals surface area (Å²) < 4.78 is 49.8. The fraction of sp³-hybridized carbons (Fsp3) is 0.286. The van der Waals surface area contributed by atoms with Crippen LogP contribution in [0.4, 0.5) is 0 Å². The molecule has 2 aromatic carbocycles. The van der Waals surface area contributed by atoms with Crippen LogP contribution in [0.25, 0.3) is 10.9 Å². The lowest BCUT2D eigenvalue weighted by Gasteiger charge is -2.19. The predicted octanol–water partition coefficient (Wildman–Crippen LogP) is 2.68. The topological polar surface area (TPSA) is 113 Å². The lowest BCUT2D eigenvalue weighted by Crippen LogP contribution is -2.17. The van der Waals surface area contributed by atoms with Gasteiger partial charge in [0.2, 0.25) is 0 Å². The number of carboxylic acid groups (broad SMARTS) is 1. The van der Waals surface area contributed by atoms with Crippen molar-refractivity contribution in [3.63, 3.8) is 0 Å². The zero-order valence-electron chi connectivity index (χ0n) is 17.0. The number of carbonyl (C=O) groups is 1. The maximum atomic E-state index is 13.5. The highest BCUT2D eigenvalue weighted by atomic mass is 32.2. The van der Waals surface area contributed by atoms with E-state index in [0.29, 0.717) is 52.7 Å². The van der Waals surface area contributed by atoms with E-state index >= 15 is 0 Å². The smallest absolute Gasteiger partial charge is 0.303 e. The number of fused-ring (bicyclic) bond motifs is 2. The molecule has 31 heavy (non-hydrogen) atoms. The summed E-state index contributed by atoms with van der Waals surface area (Å²) in [7, 11) is -1.09. The number of aromatic nitrogens is 1. The van der Waals surface area contributed by atoms with Gasteiger partial charge >= 0.3 is 5.97 Å². The van der Waals surface area contributed by atoms with Crippen molar-refractivity contribution >= 4 is 26.9 Å². The molecule has 1 N–H and O–H groups in total. The van der Waals surface area contributed by atoms with Crippen molar-refractivity contribution in [1.82, 2.24) is 3.97 Å². The molecule has 4 rings (SSSR count). The Labute approximate surface area is 178 Å². The number of ether oxygens (including phenoxy) is 4.